The van der Waals surface area contributed by atoms with E-state index in [1.807, 2.05) is 0 Å². The number of hydrogen-bond acceptors (Lipinski definition) is 2. The predicted molar refractivity (Wildman–Crippen MR) is 80.1 cm³/mol. The van der Waals surface area contributed by atoms with Crippen LogP contribution in [0.1, 0.15) is 48.7 Å². The van der Waals surface area contributed by atoms with Crippen molar-refractivity contribution in [2.24, 2.45) is 5.41 Å². The second kappa shape index (κ2) is 5.76. The molecule has 0 spiro atoms. The van der Waals surface area contributed by atoms with Gasteiger partial charge in [-0.2, -0.15) is 0 Å². The first kappa shape index (κ1) is 15.4. The quantitative estimate of drug-likeness (QED) is 0.895. The largest absolute Gasteiger partial charge is 0.478 e. The second-order valence-corrected chi connectivity index (χ2v) is 6.32. The van der Waals surface area contributed by atoms with Crippen LogP contribution in [0.5, 0.6) is 0 Å². The first-order chi connectivity index (χ1) is 9.82. The summed E-state index contributed by atoms with van der Waals surface area (Å²) >= 11 is 0. The molecule has 2 rings (SSSR count). The molecule has 0 radical (unpaired) electrons. The SMILES string of the molecule is CCC(C)(C)CNC(=O)N1Cc2ccc(C(=O)O)cc2C1. The van der Waals surface area contributed by atoms with Crippen LogP contribution >= 0.6 is 0 Å². The molecule has 5 nitrogen and oxygen atoms in total. The highest BCUT2D eigenvalue weighted by Gasteiger charge is 2.25. The highest BCUT2D eigenvalue weighted by Crippen LogP contribution is 2.24. The number of carboxylic acid groups (broad SMARTS) is 1. The maximum atomic E-state index is 12.2. The van der Waals surface area contributed by atoms with Crippen molar-refractivity contribution in [3.8, 4) is 0 Å². The highest BCUT2D eigenvalue weighted by atomic mass is 16.4. The summed E-state index contributed by atoms with van der Waals surface area (Å²) in [6.45, 7) is 7.97. The van der Waals surface area contributed by atoms with Gasteiger partial charge in [0.15, 0.2) is 0 Å². The molecule has 2 N–H and O–H groups in total. The van der Waals surface area contributed by atoms with Crippen molar-refractivity contribution < 1.29 is 14.7 Å². The van der Waals surface area contributed by atoms with Crippen LogP contribution < -0.4 is 5.32 Å². The maximum Gasteiger partial charge on any atom is 0.335 e. The van der Waals surface area contributed by atoms with Gasteiger partial charge in [0.1, 0.15) is 0 Å². The lowest BCUT2D eigenvalue weighted by atomic mass is 9.90. The summed E-state index contributed by atoms with van der Waals surface area (Å²) in [5.41, 5.74) is 2.28. The number of urea groups is 1. The van der Waals surface area contributed by atoms with E-state index in [0.717, 1.165) is 17.5 Å². The number of rotatable bonds is 4. The Morgan fingerprint density at radius 3 is 2.57 bits per heavy atom. The number of aromatic carboxylic acids is 1. The molecule has 0 fully saturated rings. The van der Waals surface area contributed by atoms with Crippen molar-refractivity contribution in [2.75, 3.05) is 6.54 Å². The molecule has 0 aromatic heterocycles. The van der Waals surface area contributed by atoms with E-state index in [4.69, 9.17) is 5.11 Å². The maximum absolute atomic E-state index is 12.2. The van der Waals surface area contributed by atoms with Crippen LogP contribution in [0, 0.1) is 5.41 Å². The zero-order valence-electron chi connectivity index (χ0n) is 12.8. The van der Waals surface area contributed by atoms with Gasteiger partial charge in [-0.1, -0.05) is 26.8 Å². The van der Waals surface area contributed by atoms with Gasteiger partial charge in [-0.15, -0.1) is 0 Å². The fourth-order valence-corrected chi connectivity index (χ4v) is 2.22. The molecule has 0 saturated heterocycles. The molecule has 0 saturated carbocycles. The smallest absolute Gasteiger partial charge is 0.335 e. The third-order valence-corrected chi connectivity index (χ3v) is 4.14. The van der Waals surface area contributed by atoms with Gasteiger partial charge in [-0.05, 0) is 35.1 Å². The molecule has 0 aliphatic carbocycles. The van der Waals surface area contributed by atoms with E-state index in [1.54, 1.807) is 23.1 Å². The Morgan fingerprint density at radius 1 is 1.29 bits per heavy atom. The third-order valence-electron chi connectivity index (χ3n) is 4.14. The minimum atomic E-state index is -0.939. The summed E-state index contributed by atoms with van der Waals surface area (Å²) in [6.07, 6.45) is 0.996. The summed E-state index contributed by atoms with van der Waals surface area (Å²) in [4.78, 5) is 24.9. The lowest BCUT2D eigenvalue weighted by Crippen LogP contribution is -2.41. The molecule has 2 amide bonds. The first-order valence-electron chi connectivity index (χ1n) is 7.20. The summed E-state index contributed by atoms with van der Waals surface area (Å²) in [5.74, 6) is -0.939. The van der Waals surface area contributed by atoms with Crippen molar-refractivity contribution in [2.45, 2.75) is 40.3 Å². The molecule has 1 aliphatic heterocycles. The minimum absolute atomic E-state index is 0.0821. The van der Waals surface area contributed by atoms with Gasteiger partial charge in [0.05, 0.1) is 5.56 Å². The predicted octanol–water partition coefficient (Wildman–Crippen LogP) is 2.85. The topological polar surface area (TPSA) is 69.6 Å². The second-order valence-electron chi connectivity index (χ2n) is 6.32. The molecule has 0 unspecified atom stereocenters. The number of carboxylic acids is 1. The Kier molecular flexibility index (Phi) is 4.21. The number of hydrogen-bond donors (Lipinski definition) is 2. The average Bonchev–Trinajstić information content (AvgIpc) is 2.87. The third kappa shape index (κ3) is 3.54. The molecule has 1 aliphatic rings. The van der Waals surface area contributed by atoms with E-state index < -0.39 is 5.97 Å². The fourth-order valence-electron chi connectivity index (χ4n) is 2.22. The average molecular weight is 290 g/mol. The molecule has 21 heavy (non-hydrogen) atoms. The van der Waals surface area contributed by atoms with E-state index in [1.165, 1.54) is 0 Å². The zero-order chi connectivity index (χ0) is 15.6. The van der Waals surface area contributed by atoms with E-state index in [9.17, 15) is 9.59 Å². The van der Waals surface area contributed by atoms with Crippen molar-refractivity contribution in [1.29, 1.82) is 0 Å². The van der Waals surface area contributed by atoms with Gasteiger partial charge in [-0.25, -0.2) is 9.59 Å². The number of benzene rings is 1. The van der Waals surface area contributed by atoms with E-state index in [2.05, 4.69) is 26.1 Å². The molecule has 5 heteroatoms. The Hall–Kier alpha value is -2.04. The van der Waals surface area contributed by atoms with E-state index in [-0.39, 0.29) is 17.0 Å². The van der Waals surface area contributed by atoms with Crippen LogP contribution in [-0.2, 0) is 13.1 Å². The van der Waals surface area contributed by atoms with E-state index >= 15 is 0 Å². The van der Waals surface area contributed by atoms with Crippen LogP contribution in [0.15, 0.2) is 18.2 Å². The van der Waals surface area contributed by atoms with Crippen LogP contribution in [-0.4, -0.2) is 28.6 Å². The number of carbonyl (C=O) groups excluding carboxylic acids is 1. The minimum Gasteiger partial charge on any atom is -0.478 e. The molecule has 1 aromatic rings. The summed E-state index contributed by atoms with van der Waals surface area (Å²) in [7, 11) is 0. The lowest BCUT2D eigenvalue weighted by molar-refractivity contribution is 0.0696. The molecular formula is C16H22N2O3. The number of carbonyl (C=O) groups is 2. The molecule has 114 valence electrons. The van der Waals surface area contributed by atoms with E-state index in [0.29, 0.717) is 19.6 Å². The Bertz CT molecular complexity index is 567. The van der Waals surface area contributed by atoms with Gasteiger partial charge in [-0.3, -0.25) is 0 Å². The molecule has 0 bridgehead atoms. The molecule has 1 heterocycles. The van der Waals surface area contributed by atoms with Crippen LogP contribution in [0.2, 0.25) is 0 Å². The Morgan fingerprint density at radius 2 is 1.95 bits per heavy atom. The lowest BCUT2D eigenvalue weighted by Gasteiger charge is -2.25. The number of fused-ring (bicyclic) bond motifs is 1. The number of nitrogens with zero attached hydrogens (tertiary/aromatic N) is 1. The van der Waals surface area contributed by atoms with Gasteiger partial charge in [0.25, 0.3) is 0 Å². The van der Waals surface area contributed by atoms with Crippen molar-refractivity contribution >= 4 is 12.0 Å². The standard InChI is InChI=1S/C16H22N2O3/c1-4-16(2,3)10-17-15(21)18-8-12-6-5-11(14(19)20)7-13(12)9-18/h5-7H,4,8-10H2,1-3H3,(H,17,21)(H,19,20). The summed E-state index contributed by atoms with van der Waals surface area (Å²) in [6, 6.07) is 4.94. The highest BCUT2D eigenvalue weighted by molar-refractivity contribution is 5.88. The van der Waals surface area contributed by atoms with Crippen LogP contribution in [0.25, 0.3) is 0 Å². The van der Waals surface area contributed by atoms with Crippen LogP contribution in [0.3, 0.4) is 0 Å². The molecule has 1 aromatic carbocycles. The van der Waals surface area contributed by atoms with Crippen molar-refractivity contribution in [3.05, 3.63) is 34.9 Å². The Balaban J connectivity index is 1.99. The van der Waals surface area contributed by atoms with Crippen molar-refractivity contribution in [1.82, 2.24) is 10.2 Å². The first-order valence-corrected chi connectivity index (χ1v) is 7.20. The molecule has 0 atom stereocenters. The van der Waals surface area contributed by atoms with Crippen molar-refractivity contribution in [3.63, 3.8) is 0 Å². The summed E-state index contributed by atoms with van der Waals surface area (Å²) < 4.78 is 0. The number of amides is 2. The van der Waals surface area contributed by atoms with Gasteiger partial charge < -0.3 is 15.3 Å². The molecular weight excluding hydrogens is 268 g/mol. The zero-order valence-corrected chi connectivity index (χ0v) is 12.8. The fraction of sp³-hybridized carbons (Fsp3) is 0.500. The summed E-state index contributed by atoms with van der Waals surface area (Å²) in [5, 5.41) is 12.0. The Labute approximate surface area is 125 Å². The monoisotopic (exact) mass is 290 g/mol. The van der Waals surface area contributed by atoms with Gasteiger partial charge >= 0.3 is 12.0 Å². The number of nitrogens with one attached hydrogen (secondary N) is 1. The van der Waals surface area contributed by atoms with Gasteiger partial charge in [0, 0.05) is 19.6 Å². The van der Waals surface area contributed by atoms with Gasteiger partial charge in [0.2, 0.25) is 0 Å². The normalized spacial score (nSPS) is 14.0. The van der Waals surface area contributed by atoms with Crippen LogP contribution in [0.4, 0.5) is 4.79 Å².